The number of rotatable bonds is 3. The Kier molecular flexibility index (Phi) is 3.67. The van der Waals surface area contributed by atoms with Crippen molar-refractivity contribution in [3.05, 3.63) is 64.2 Å². The van der Waals surface area contributed by atoms with Gasteiger partial charge in [-0.3, -0.25) is 0 Å². The molecule has 0 amide bonds. The van der Waals surface area contributed by atoms with E-state index in [2.05, 4.69) is 0 Å². The molecule has 0 atom stereocenters. The second kappa shape index (κ2) is 5.21. The van der Waals surface area contributed by atoms with Gasteiger partial charge in [0, 0.05) is 5.02 Å². The molecule has 0 aliphatic heterocycles. The largest absolute Gasteiger partial charge is 0.508 e. The Bertz CT molecular complexity index is 506. The molecule has 0 unspecified atom stereocenters. The molecule has 0 aliphatic rings. The summed E-state index contributed by atoms with van der Waals surface area (Å²) in [6.45, 7) is -0.251. The molecule has 0 fully saturated rings. The molecule has 2 aromatic rings. The molecule has 17 heavy (non-hydrogen) atoms. The monoisotopic (exact) mass is 247 g/mol. The molecule has 0 aliphatic carbocycles. The lowest BCUT2D eigenvalue weighted by atomic mass is 10.0. The van der Waals surface area contributed by atoms with Crippen LogP contribution >= 0.6 is 11.6 Å². The van der Waals surface area contributed by atoms with Crippen LogP contribution in [-0.4, -0.2) is 5.11 Å². The molecule has 2 aromatic carbocycles. The van der Waals surface area contributed by atoms with Gasteiger partial charge < -0.3 is 5.11 Å². The average Bonchev–Trinajstić information content (AvgIpc) is 2.34. The first-order chi connectivity index (χ1) is 8.19. The van der Waals surface area contributed by atoms with E-state index in [1.54, 1.807) is 24.3 Å². The Morgan fingerprint density at radius 2 is 1.65 bits per heavy atom. The van der Waals surface area contributed by atoms with Gasteiger partial charge >= 0.3 is 0 Å². The predicted octanol–water partition coefficient (Wildman–Crippen LogP) is 3.57. The zero-order chi connectivity index (χ0) is 12.3. The number of phenols is 1. The summed E-state index contributed by atoms with van der Waals surface area (Å²) in [6.07, 6.45) is 0.693. The van der Waals surface area contributed by atoms with E-state index < -0.39 is 0 Å². The van der Waals surface area contributed by atoms with Gasteiger partial charge in [-0.15, -0.1) is 0 Å². The summed E-state index contributed by atoms with van der Waals surface area (Å²) in [4.78, 5) is 0. The topological polar surface area (TPSA) is 40.1 Å². The molecule has 2 nitrogen and oxygen atoms in total. The third-order valence-electron chi connectivity index (χ3n) is 2.62. The number of hydrogen-bond donors (Lipinski definition) is 1. The van der Waals surface area contributed by atoms with Gasteiger partial charge in [-0.25, -0.2) is 5.11 Å². The maximum Gasteiger partial charge on any atom is 0.115 e. The summed E-state index contributed by atoms with van der Waals surface area (Å²) in [5.74, 6) is 0.251. The van der Waals surface area contributed by atoms with Gasteiger partial charge in [0.25, 0.3) is 0 Å². The minimum atomic E-state index is -0.251. The number of halogens is 1. The highest BCUT2D eigenvalue weighted by atomic mass is 35.5. The first kappa shape index (κ1) is 12.0. The molecular formula is C14H12ClO2. The highest BCUT2D eigenvalue weighted by molar-refractivity contribution is 6.31. The molecule has 0 bridgehead atoms. The van der Waals surface area contributed by atoms with Crippen LogP contribution in [0.15, 0.2) is 42.5 Å². The van der Waals surface area contributed by atoms with E-state index in [1.807, 2.05) is 18.2 Å². The van der Waals surface area contributed by atoms with Gasteiger partial charge in [0.2, 0.25) is 0 Å². The van der Waals surface area contributed by atoms with Gasteiger partial charge in [-0.05, 0) is 41.3 Å². The summed E-state index contributed by atoms with van der Waals surface area (Å²) >= 11 is 6.10. The highest BCUT2D eigenvalue weighted by Crippen LogP contribution is 2.22. The zero-order valence-electron chi connectivity index (χ0n) is 9.19. The minimum Gasteiger partial charge on any atom is -0.508 e. The van der Waals surface area contributed by atoms with Gasteiger partial charge in [0.15, 0.2) is 0 Å². The van der Waals surface area contributed by atoms with Crippen LogP contribution in [0.5, 0.6) is 5.75 Å². The molecule has 0 aromatic heterocycles. The van der Waals surface area contributed by atoms with Crippen LogP contribution in [0.3, 0.4) is 0 Å². The minimum absolute atomic E-state index is 0.251. The van der Waals surface area contributed by atoms with Gasteiger partial charge in [0.1, 0.15) is 12.4 Å². The van der Waals surface area contributed by atoms with E-state index in [0.717, 1.165) is 11.1 Å². The predicted molar refractivity (Wildman–Crippen MR) is 66.8 cm³/mol. The van der Waals surface area contributed by atoms with E-state index in [0.29, 0.717) is 17.0 Å². The number of hydrogen-bond acceptors (Lipinski definition) is 1. The molecule has 1 N–H and O–H groups in total. The fraction of sp³-hybridized carbons (Fsp3) is 0.143. The van der Waals surface area contributed by atoms with E-state index in [1.165, 1.54) is 0 Å². The molecule has 2 rings (SSSR count). The van der Waals surface area contributed by atoms with Crippen molar-refractivity contribution >= 4 is 11.6 Å². The van der Waals surface area contributed by atoms with Crippen molar-refractivity contribution in [2.75, 3.05) is 0 Å². The third-order valence-corrected chi connectivity index (χ3v) is 2.97. The first-order valence-electron chi connectivity index (χ1n) is 5.32. The van der Waals surface area contributed by atoms with E-state index in [4.69, 9.17) is 11.6 Å². The molecule has 0 saturated heterocycles. The van der Waals surface area contributed by atoms with E-state index in [-0.39, 0.29) is 12.4 Å². The van der Waals surface area contributed by atoms with Crippen molar-refractivity contribution in [3.8, 4) is 5.75 Å². The van der Waals surface area contributed by atoms with Gasteiger partial charge in [-0.1, -0.05) is 35.9 Å². The Balaban J connectivity index is 2.21. The first-order valence-corrected chi connectivity index (χ1v) is 5.70. The van der Waals surface area contributed by atoms with Crippen LogP contribution in [0.1, 0.15) is 16.7 Å². The Hall–Kier alpha value is -1.51. The van der Waals surface area contributed by atoms with Crippen LogP contribution < -0.4 is 0 Å². The Morgan fingerprint density at radius 1 is 1.00 bits per heavy atom. The third kappa shape index (κ3) is 2.99. The second-order valence-corrected chi connectivity index (χ2v) is 4.32. The fourth-order valence-electron chi connectivity index (χ4n) is 1.66. The Morgan fingerprint density at radius 3 is 2.24 bits per heavy atom. The zero-order valence-corrected chi connectivity index (χ0v) is 9.95. The number of aromatic hydroxyl groups is 1. The van der Waals surface area contributed by atoms with Crippen molar-refractivity contribution < 1.29 is 10.2 Å². The summed E-state index contributed by atoms with van der Waals surface area (Å²) in [5.41, 5.74) is 2.75. The van der Waals surface area contributed by atoms with Crippen molar-refractivity contribution in [1.82, 2.24) is 0 Å². The lowest BCUT2D eigenvalue weighted by Gasteiger charge is -2.06. The fourth-order valence-corrected chi connectivity index (χ4v) is 1.93. The molecule has 87 valence electrons. The summed E-state index contributed by atoms with van der Waals surface area (Å²) in [6, 6.07) is 12.4. The normalized spacial score (nSPS) is 10.5. The smallest absolute Gasteiger partial charge is 0.115 e. The second-order valence-electron chi connectivity index (χ2n) is 3.91. The van der Waals surface area contributed by atoms with Gasteiger partial charge in [0.05, 0.1) is 0 Å². The average molecular weight is 248 g/mol. The molecule has 0 spiro atoms. The molecule has 3 heteroatoms. The van der Waals surface area contributed by atoms with E-state index >= 15 is 0 Å². The quantitative estimate of drug-likeness (QED) is 0.885. The van der Waals surface area contributed by atoms with Crippen LogP contribution in [0, 0.1) is 0 Å². The van der Waals surface area contributed by atoms with E-state index in [9.17, 15) is 10.2 Å². The molecule has 0 saturated carbocycles. The number of benzene rings is 2. The van der Waals surface area contributed by atoms with Crippen LogP contribution in [0.2, 0.25) is 5.02 Å². The molecular weight excluding hydrogens is 236 g/mol. The number of phenolic OH excluding ortho intramolecular Hbond substituents is 1. The lowest BCUT2D eigenvalue weighted by molar-refractivity contribution is 0.177. The standard InChI is InChI=1S/C14H12ClO2/c15-14-8-11(9-16)1-4-12(14)7-10-2-5-13(17)6-3-10/h1-6,8,17H,7,9H2. The summed E-state index contributed by atoms with van der Waals surface area (Å²) in [7, 11) is 0. The molecule has 1 radical (unpaired) electrons. The molecule has 0 heterocycles. The summed E-state index contributed by atoms with van der Waals surface area (Å²) < 4.78 is 0. The van der Waals surface area contributed by atoms with Crippen molar-refractivity contribution in [1.29, 1.82) is 0 Å². The lowest BCUT2D eigenvalue weighted by Crippen LogP contribution is -1.91. The summed E-state index contributed by atoms with van der Waals surface area (Å²) in [5, 5.41) is 20.5. The van der Waals surface area contributed by atoms with Crippen molar-refractivity contribution in [2.45, 2.75) is 13.0 Å². The maximum atomic E-state index is 10.7. The highest BCUT2D eigenvalue weighted by Gasteiger charge is 2.03. The van der Waals surface area contributed by atoms with Crippen LogP contribution in [-0.2, 0) is 18.1 Å². The van der Waals surface area contributed by atoms with Crippen molar-refractivity contribution in [2.24, 2.45) is 0 Å². The van der Waals surface area contributed by atoms with Gasteiger partial charge in [-0.2, -0.15) is 0 Å². The maximum absolute atomic E-state index is 10.7. The van der Waals surface area contributed by atoms with Crippen LogP contribution in [0.4, 0.5) is 0 Å². The van der Waals surface area contributed by atoms with Crippen LogP contribution in [0.25, 0.3) is 0 Å². The van der Waals surface area contributed by atoms with Crippen molar-refractivity contribution in [3.63, 3.8) is 0 Å². The Labute approximate surface area is 105 Å². The SMILES string of the molecule is [O]Cc1ccc(Cc2ccc(O)cc2)c(Cl)c1.